The van der Waals surface area contributed by atoms with E-state index in [0.29, 0.717) is 0 Å². The summed E-state index contributed by atoms with van der Waals surface area (Å²) >= 11 is 0. The smallest absolute Gasteiger partial charge is 0.253 e. The van der Waals surface area contributed by atoms with Crippen LogP contribution in [0.4, 0.5) is 33.3 Å². The minimum Gasteiger partial charge on any atom is -0.253 e. The van der Waals surface area contributed by atoms with Crippen molar-refractivity contribution in [1.82, 2.24) is 0 Å². The second-order valence-electron chi connectivity index (χ2n) is 3.76. The first-order chi connectivity index (χ1) is 8.88. The highest BCUT2D eigenvalue weighted by atomic mass is 19.4. The highest BCUT2D eigenvalue weighted by Gasteiger charge is 2.38. The van der Waals surface area contributed by atoms with Crippen molar-refractivity contribution in [2.45, 2.75) is 6.30 Å². The molecule has 0 heterocycles. The van der Waals surface area contributed by atoms with Crippen molar-refractivity contribution in [3.8, 4) is 0 Å². The first kappa shape index (κ1) is 13.3. The van der Waals surface area contributed by atoms with Gasteiger partial charge >= 0.3 is 6.30 Å². The molecule has 0 fully saturated rings. The van der Waals surface area contributed by atoms with E-state index in [-0.39, 0.29) is 16.3 Å². The SMILES string of the molecule is Fc1ccc(N(c2ccc(F)cc2)C(F)(F)F)cc1. The molecule has 0 amide bonds. The minimum atomic E-state index is -4.70. The lowest BCUT2D eigenvalue weighted by atomic mass is 10.2. The molecule has 100 valence electrons. The highest BCUT2D eigenvalue weighted by molar-refractivity contribution is 5.63. The minimum absolute atomic E-state index is 0.0475. The maximum atomic E-state index is 13.0. The number of nitrogens with zero attached hydrogens (tertiary/aromatic N) is 1. The summed E-state index contributed by atoms with van der Waals surface area (Å²) in [5.41, 5.74) is -0.499. The van der Waals surface area contributed by atoms with Crippen molar-refractivity contribution < 1.29 is 22.0 Å². The molecule has 0 aliphatic rings. The van der Waals surface area contributed by atoms with Crippen LogP contribution in [-0.4, -0.2) is 6.30 Å². The molecule has 0 bridgehead atoms. The van der Waals surface area contributed by atoms with Gasteiger partial charge in [0.05, 0.1) is 0 Å². The Balaban J connectivity index is 2.47. The molecular formula is C13H8F5N. The van der Waals surface area contributed by atoms with E-state index in [0.717, 1.165) is 48.5 Å². The zero-order valence-electron chi connectivity index (χ0n) is 9.46. The van der Waals surface area contributed by atoms with Crippen LogP contribution in [-0.2, 0) is 0 Å². The standard InChI is InChI=1S/C13H8F5N/c14-9-1-5-11(6-2-9)19(13(16,17)18)12-7-3-10(15)4-8-12/h1-8H. The number of benzene rings is 2. The summed E-state index contributed by atoms with van der Waals surface area (Å²) in [7, 11) is 0. The third-order valence-corrected chi connectivity index (χ3v) is 2.42. The molecule has 2 rings (SSSR count). The molecule has 1 nitrogen and oxygen atoms in total. The summed E-state index contributed by atoms with van der Waals surface area (Å²) in [6, 6.07) is 7.74. The predicted octanol–water partition coefficient (Wildman–Crippen LogP) is 4.62. The number of hydrogen-bond acceptors (Lipinski definition) is 1. The number of hydrogen-bond donors (Lipinski definition) is 0. The molecule has 0 unspecified atom stereocenters. The number of rotatable bonds is 2. The van der Waals surface area contributed by atoms with Crippen molar-refractivity contribution in [1.29, 1.82) is 0 Å². The molecule has 0 atom stereocenters. The van der Waals surface area contributed by atoms with Crippen molar-refractivity contribution >= 4 is 11.4 Å². The van der Waals surface area contributed by atoms with E-state index in [2.05, 4.69) is 0 Å². The summed E-state index contributed by atoms with van der Waals surface area (Å²) in [6.07, 6.45) is -4.70. The molecule has 6 heteroatoms. The van der Waals surface area contributed by atoms with Gasteiger partial charge in [-0.2, -0.15) is 0 Å². The summed E-state index contributed by atoms with van der Waals surface area (Å²) in [5, 5.41) is 0. The molecule has 0 spiro atoms. The van der Waals surface area contributed by atoms with Crippen molar-refractivity contribution in [2.24, 2.45) is 0 Å². The van der Waals surface area contributed by atoms with Gasteiger partial charge in [-0.05, 0) is 48.5 Å². The molecule has 0 saturated heterocycles. The van der Waals surface area contributed by atoms with Crippen molar-refractivity contribution in [2.75, 3.05) is 4.90 Å². The average molecular weight is 273 g/mol. The summed E-state index contributed by atoms with van der Waals surface area (Å²) in [4.78, 5) is 0.0475. The molecule has 0 saturated carbocycles. The molecule has 19 heavy (non-hydrogen) atoms. The van der Waals surface area contributed by atoms with E-state index < -0.39 is 17.9 Å². The van der Waals surface area contributed by atoms with Crippen LogP contribution in [0.3, 0.4) is 0 Å². The van der Waals surface area contributed by atoms with Gasteiger partial charge in [-0.25, -0.2) is 8.78 Å². The topological polar surface area (TPSA) is 3.24 Å². The fraction of sp³-hybridized carbons (Fsp3) is 0.0769. The van der Waals surface area contributed by atoms with Crippen LogP contribution in [0.15, 0.2) is 48.5 Å². The molecule has 0 aliphatic heterocycles. The van der Waals surface area contributed by atoms with Gasteiger partial charge in [-0.15, -0.1) is 13.2 Å². The van der Waals surface area contributed by atoms with E-state index in [1.54, 1.807) is 0 Å². The number of alkyl halides is 3. The fourth-order valence-electron chi connectivity index (χ4n) is 1.62. The Morgan fingerprint density at radius 1 is 0.632 bits per heavy atom. The van der Waals surface area contributed by atoms with Crippen LogP contribution in [0.2, 0.25) is 0 Å². The summed E-state index contributed by atoms with van der Waals surface area (Å²) in [6.45, 7) is 0. The highest BCUT2D eigenvalue weighted by Crippen LogP contribution is 2.36. The van der Waals surface area contributed by atoms with E-state index in [9.17, 15) is 22.0 Å². The van der Waals surface area contributed by atoms with Crippen LogP contribution in [0.25, 0.3) is 0 Å². The molecular weight excluding hydrogens is 265 g/mol. The third kappa shape index (κ3) is 3.01. The quantitative estimate of drug-likeness (QED) is 0.570. The van der Waals surface area contributed by atoms with Gasteiger partial charge in [0.25, 0.3) is 0 Å². The average Bonchev–Trinajstić information content (AvgIpc) is 2.33. The zero-order valence-corrected chi connectivity index (χ0v) is 9.46. The monoisotopic (exact) mass is 273 g/mol. The van der Waals surface area contributed by atoms with Crippen LogP contribution in [0.1, 0.15) is 0 Å². The van der Waals surface area contributed by atoms with Gasteiger partial charge < -0.3 is 0 Å². The zero-order chi connectivity index (χ0) is 14.0. The van der Waals surface area contributed by atoms with Gasteiger partial charge in [-0.3, -0.25) is 4.90 Å². The fourth-order valence-corrected chi connectivity index (χ4v) is 1.62. The van der Waals surface area contributed by atoms with Crippen LogP contribution < -0.4 is 4.90 Å². The Hall–Kier alpha value is -2.11. The van der Waals surface area contributed by atoms with Gasteiger partial charge in [0.1, 0.15) is 11.6 Å². The lowest BCUT2D eigenvalue weighted by molar-refractivity contribution is -0.120. The summed E-state index contributed by atoms with van der Waals surface area (Å²) in [5.74, 6) is -1.27. The van der Waals surface area contributed by atoms with E-state index in [4.69, 9.17) is 0 Å². The van der Waals surface area contributed by atoms with E-state index in [1.165, 1.54) is 0 Å². The Morgan fingerprint density at radius 3 is 1.21 bits per heavy atom. The molecule has 2 aromatic carbocycles. The van der Waals surface area contributed by atoms with Crippen molar-refractivity contribution in [3.63, 3.8) is 0 Å². The van der Waals surface area contributed by atoms with E-state index >= 15 is 0 Å². The molecule has 0 radical (unpaired) electrons. The molecule has 0 aliphatic carbocycles. The maximum absolute atomic E-state index is 13.0. The Labute approximate surface area is 105 Å². The van der Waals surface area contributed by atoms with Crippen LogP contribution in [0, 0.1) is 11.6 Å². The predicted molar refractivity (Wildman–Crippen MR) is 61.0 cm³/mol. The second kappa shape index (κ2) is 4.87. The van der Waals surface area contributed by atoms with Gasteiger partial charge in [0.2, 0.25) is 0 Å². The largest absolute Gasteiger partial charge is 0.489 e. The lowest BCUT2D eigenvalue weighted by Crippen LogP contribution is -2.33. The van der Waals surface area contributed by atoms with Crippen LogP contribution in [0.5, 0.6) is 0 Å². The van der Waals surface area contributed by atoms with Crippen LogP contribution >= 0.6 is 0 Å². The maximum Gasteiger partial charge on any atom is 0.489 e. The van der Waals surface area contributed by atoms with E-state index in [1.807, 2.05) is 0 Å². The normalized spacial score (nSPS) is 11.4. The first-order valence-electron chi connectivity index (χ1n) is 5.26. The van der Waals surface area contributed by atoms with Gasteiger partial charge in [-0.1, -0.05) is 0 Å². The Morgan fingerprint density at radius 2 is 0.947 bits per heavy atom. The molecule has 2 aromatic rings. The number of anilines is 2. The Kier molecular flexibility index (Phi) is 3.42. The van der Waals surface area contributed by atoms with Gasteiger partial charge in [0.15, 0.2) is 0 Å². The Bertz CT molecular complexity index is 499. The van der Waals surface area contributed by atoms with Crippen molar-refractivity contribution in [3.05, 3.63) is 60.2 Å². The van der Waals surface area contributed by atoms with Gasteiger partial charge in [0, 0.05) is 11.4 Å². The first-order valence-corrected chi connectivity index (χ1v) is 5.26. The third-order valence-electron chi connectivity index (χ3n) is 2.42. The summed E-state index contributed by atoms with van der Waals surface area (Å²) < 4.78 is 64.6. The molecule has 0 aromatic heterocycles. The lowest BCUT2D eigenvalue weighted by Gasteiger charge is -2.27. The molecule has 0 N–H and O–H groups in total. The number of halogens is 5. The second-order valence-corrected chi connectivity index (χ2v) is 3.76.